The molecule has 6 heteroatoms. The number of para-hydroxylation sites is 1. The van der Waals surface area contributed by atoms with Crippen molar-refractivity contribution in [3.8, 4) is 0 Å². The molecule has 6 nitrogen and oxygen atoms in total. The zero-order valence-electron chi connectivity index (χ0n) is 17.7. The molecule has 0 radical (unpaired) electrons. The lowest BCUT2D eigenvalue weighted by molar-refractivity contribution is -0.119. The van der Waals surface area contributed by atoms with Gasteiger partial charge in [-0.15, -0.1) is 0 Å². The molecule has 0 bridgehead atoms. The first-order valence-corrected chi connectivity index (χ1v) is 9.83. The maximum Gasteiger partial charge on any atom is 0.339 e. The number of rotatable bonds is 6. The molecule has 0 saturated carbocycles. The second kappa shape index (κ2) is 9.71. The van der Waals surface area contributed by atoms with Crippen molar-refractivity contribution in [2.24, 2.45) is 0 Å². The van der Waals surface area contributed by atoms with E-state index in [1.807, 2.05) is 50.2 Å². The second-order valence-electron chi connectivity index (χ2n) is 7.19. The van der Waals surface area contributed by atoms with Gasteiger partial charge in [-0.3, -0.25) is 9.59 Å². The Hall–Kier alpha value is -3.93. The minimum Gasteiger partial charge on any atom is -0.452 e. The molecule has 3 aromatic rings. The van der Waals surface area contributed by atoms with Crippen LogP contribution in [0.1, 0.15) is 31.8 Å². The summed E-state index contributed by atoms with van der Waals surface area (Å²) in [5, 5.41) is 2.74. The van der Waals surface area contributed by atoms with Gasteiger partial charge in [0.25, 0.3) is 11.8 Å². The van der Waals surface area contributed by atoms with Gasteiger partial charge in [-0.1, -0.05) is 42.5 Å². The number of hydrogen-bond donors (Lipinski definition) is 1. The predicted molar refractivity (Wildman–Crippen MR) is 120 cm³/mol. The first-order valence-electron chi connectivity index (χ1n) is 9.83. The molecule has 3 rings (SSSR count). The van der Waals surface area contributed by atoms with Crippen molar-refractivity contribution in [3.63, 3.8) is 0 Å². The number of aryl methyl sites for hydroxylation is 2. The lowest BCUT2D eigenvalue weighted by atomic mass is 10.1. The largest absolute Gasteiger partial charge is 0.452 e. The number of carbonyl (C=O) groups is 3. The number of esters is 1. The Labute approximate surface area is 181 Å². The van der Waals surface area contributed by atoms with E-state index in [1.54, 1.807) is 37.4 Å². The van der Waals surface area contributed by atoms with Crippen LogP contribution in [0.25, 0.3) is 0 Å². The number of amides is 2. The van der Waals surface area contributed by atoms with Crippen LogP contribution >= 0.6 is 0 Å². The smallest absolute Gasteiger partial charge is 0.339 e. The Kier molecular flexibility index (Phi) is 6.82. The Balaban J connectivity index is 1.69. The van der Waals surface area contributed by atoms with Gasteiger partial charge in [-0.2, -0.15) is 0 Å². The second-order valence-corrected chi connectivity index (χ2v) is 7.19. The van der Waals surface area contributed by atoms with Gasteiger partial charge in [0.1, 0.15) is 0 Å². The van der Waals surface area contributed by atoms with E-state index < -0.39 is 18.5 Å². The first-order chi connectivity index (χ1) is 14.9. The van der Waals surface area contributed by atoms with Crippen molar-refractivity contribution in [2.45, 2.75) is 13.8 Å². The van der Waals surface area contributed by atoms with E-state index in [4.69, 9.17) is 4.74 Å². The Morgan fingerprint density at radius 1 is 0.871 bits per heavy atom. The average Bonchev–Trinajstić information content (AvgIpc) is 2.79. The van der Waals surface area contributed by atoms with Crippen molar-refractivity contribution in [2.75, 3.05) is 23.9 Å². The number of nitrogens with zero attached hydrogens (tertiary/aromatic N) is 1. The van der Waals surface area contributed by atoms with Gasteiger partial charge < -0.3 is 15.0 Å². The van der Waals surface area contributed by atoms with Crippen molar-refractivity contribution in [1.82, 2.24) is 0 Å². The molecule has 2 amide bonds. The summed E-state index contributed by atoms with van der Waals surface area (Å²) in [6.07, 6.45) is 0. The fraction of sp³-hybridized carbons (Fsp3) is 0.160. The first kappa shape index (κ1) is 21.8. The summed E-state index contributed by atoms with van der Waals surface area (Å²) in [6.45, 7) is 3.35. The number of carbonyl (C=O) groups excluding carboxylic acids is 3. The molecule has 0 atom stereocenters. The van der Waals surface area contributed by atoms with Crippen LogP contribution in [-0.2, 0) is 9.53 Å². The highest BCUT2D eigenvalue weighted by molar-refractivity contribution is 6.12. The summed E-state index contributed by atoms with van der Waals surface area (Å²) in [6, 6.07) is 21.2. The molecular formula is C25H24N2O4. The summed E-state index contributed by atoms with van der Waals surface area (Å²) in [5.41, 5.74) is 3.59. The Morgan fingerprint density at radius 3 is 2.23 bits per heavy atom. The third-order valence-electron chi connectivity index (χ3n) is 4.83. The Bertz CT molecular complexity index is 1110. The van der Waals surface area contributed by atoms with Crippen molar-refractivity contribution in [3.05, 3.63) is 95.1 Å². The number of anilines is 2. The monoisotopic (exact) mass is 416 g/mol. The maximum absolute atomic E-state index is 13.0. The van der Waals surface area contributed by atoms with Crippen LogP contribution in [0.2, 0.25) is 0 Å². The lowest BCUT2D eigenvalue weighted by Gasteiger charge is -2.18. The highest BCUT2D eigenvalue weighted by Gasteiger charge is 2.22. The van der Waals surface area contributed by atoms with E-state index in [0.29, 0.717) is 11.4 Å². The van der Waals surface area contributed by atoms with E-state index in [1.165, 1.54) is 11.0 Å². The van der Waals surface area contributed by atoms with Crippen molar-refractivity contribution in [1.29, 1.82) is 0 Å². The normalized spacial score (nSPS) is 10.3. The van der Waals surface area contributed by atoms with Gasteiger partial charge in [0.15, 0.2) is 6.61 Å². The quantitative estimate of drug-likeness (QED) is 0.605. The number of benzene rings is 3. The van der Waals surface area contributed by atoms with Gasteiger partial charge in [0.05, 0.1) is 11.1 Å². The lowest BCUT2D eigenvalue weighted by Crippen LogP contribution is -2.28. The summed E-state index contributed by atoms with van der Waals surface area (Å²) in [5.74, 6) is -1.53. The zero-order chi connectivity index (χ0) is 22.4. The van der Waals surface area contributed by atoms with Crippen molar-refractivity contribution < 1.29 is 19.1 Å². The predicted octanol–water partition coefficient (Wildman–Crippen LogP) is 4.38. The van der Waals surface area contributed by atoms with Crippen LogP contribution in [-0.4, -0.2) is 31.4 Å². The molecule has 3 aromatic carbocycles. The van der Waals surface area contributed by atoms with Gasteiger partial charge in [-0.25, -0.2) is 4.79 Å². The number of hydrogen-bond acceptors (Lipinski definition) is 4. The highest BCUT2D eigenvalue weighted by Crippen LogP contribution is 2.19. The fourth-order valence-electron chi connectivity index (χ4n) is 3.06. The van der Waals surface area contributed by atoms with E-state index in [-0.39, 0.29) is 17.0 Å². The van der Waals surface area contributed by atoms with E-state index in [9.17, 15) is 14.4 Å². The fourth-order valence-corrected chi connectivity index (χ4v) is 3.06. The molecular weight excluding hydrogens is 392 g/mol. The van der Waals surface area contributed by atoms with Crippen LogP contribution in [0, 0.1) is 13.8 Å². The SMILES string of the molecule is Cc1ccc(C)c(NC(=O)COC(=O)c2ccccc2C(=O)N(C)c2ccccc2)c1. The number of ether oxygens (including phenoxy) is 1. The van der Waals surface area contributed by atoms with Crippen LogP contribution in [0.5, 0.6) is 0 Å². The third kappa shape index (κ3) is 5.36. The highest BCUT2D eigenvalue weighted by atomic mass is 16.5. The van der Waals surface area contributed by atoms with Gasteiger partial charge in [0.2, 0.25) is 0 Å². The topological polar surface area (TPSA) is 75.7 Å². The van der Waals surface area contributed by atoms with Crippen LogP contribution in [0.15, 0.2) is 72.8 Å². The van der Waals surface area contributed by atoms with Crippen LogP contribution in [0.3, 0.4) is 0 Å². The van der Waals surface area contributed by atoms with Gasteiger partial charge >= 0.3 is 5.97 Å². The van der Waals surface area contributed by atoms with E-state index in [0.717, 1.165) is 11.1 Å². The molecule has 0 aliphatic carbocycles. The number of nitrogens with one attached hydrogen (secondary N) is 1. The summed E-state index contributed by atoms with van der Waals surface area (Å²) in [7, 11) is 1.64. The zero-order valence-corrected chi connectivity index (χ0v) is 17.7. The van der Waals surface area contributed by atoms with Crippen LogP contribution < -0.4 is 10.2 Å². The van der Waals surface area contributed by atoms with Gasteiger partial charge in [-0.05, 0) is 55.3 Å². The summed E-state index contributed by atoms with van der Waals surface area (Å²) >= 11 is 0. The van der Waals surface area contributed by atoms with E-state index >= 15 is 0 Å². The molecule has 0 aliphatic heterocycles. The molecule has 0 spiro atoms. The molecule has 0 aliphatic rings. The summed E-state index contributed by atoms with van der Waals surface area (Å²) in [4.78, 5) is 39.3. The molecule has 0 aromatic heterocycles. The molecule has 0 heterocycles. The average molecular weight is 416 g/mol. The standard InChI is InChI=1S/C25H24N2O4/c1-17-13-14-18(2)22(15-17)26-23(28)16-31-25(30)21-12-8-7-11-20(21)24(29)27(3)19-9-5-4-6-10-19/h4-15H,16H2,1-3H3,(H,26,28). The molecule has 158 valence electrons. The van der Waals surface area contributed by atoms with Crippen LogP contribution in [0.4, 0.5) is 11.4 Å². The maximum atomic E-state index is 13.0. The minimum atomic E-state index is -0.735. The molecule has 0 saturated heterocycles. The Morgan fingerprint density at radius 2 is 1.52 bits per heavy atom. The van der Waals surface area contributed by atoms with Gasteiger partial charge in [0, 0.05) is 18.4 Å². The summed E-state index contributed by atoms with van der Waals surface area (Å²) < 4.78 is 5.19. The third-order valence-corrected chi connectivity index (χ3v) is 4.83. The molecule has 0 fully saturated rings. The molecule has 1 N–H and O–H groups in total. The molecule has 31 heavy (non-hydrogen) atoms. The van der Waals surface area contributed by atoms with E-state index in [2.05, 4.69) is 5.32 Å². The van der Waals surface area contributed by atoms with Crippen molar-refractivity contribution >= 4 is 29.2 Å². The minimum absolute atomic E-state index is 0.106. The molecule has 0 unspecified atom stereocenters.